The van der Waals surface area contributed by atoms with Gasteiger partial charge < -0.3 is 4.90 Å². The molecule has 16 heavy (non-hydrogen) atoms. The number of nitroso groups, excluding NO2 is 1. The molecule has 0 aliphatic carbocycles. The number of ketones is 1. The third-order valence-electron chi connectivity index (χ3n) is 2.90. The summed E-state index contributed by atoms with van der Waals surface area (Å²) in [6.07, 6.45) is 1.07. The zero-order valence-corrected chi connectivity index (χ0v) is 9.97. The Morgan fingerprint density at radius 2 is 1.75 bits per heavy atom. The van der Waals surface area contributed by atoms with Crippen LogP contribution in [0.5, 0.6) is 0 Å². The normalized spacial score (nSPS) is 27.3. The Labute approximate surface area is 95.2 Å². The van der Waals surface area contributed by atoms with E-state index in [1.807, 2.05) is 0 Å². The zero-order chi connectivity index (χ0) is 12.3. The number of likely N-dealkylation sites (tertiary alicyclic amines) is 1. The van der Waals surface area contributed by atoms with Crippen LogP contribution in [0.25, 0.3) is 0 Å². The molecule has 1 rings (SSSR count). The fourth-order valence-electron chi connectivity index (χ4n) is 2.31. The maximum atomic E-state index is 11.9. The molecule has 1 aliphatic heterocycles. The van der Waals surface area contributed by atoms with E-state index in [1.54, 1.807) is 4.90 Å². The summed E-state index contributed by atoms with van der Waals surface area (Å²) in [5.41, 5.74) is 0. The molecule has 0 aromatic rings. The molecule has 3 unspecified atom stereocenters. The molecule has 1 fully saturated rings. The molecule has 0 spiro atoms. The van der Waals surface area contributed by atoms with Crippen molar-refractivity contribution in [2.45, 2.75) is 33.2 Å². The number of Topliss-reactive ketones (excluding diaryl/α,β-unsaturated/α-hetero) is 1. The minimum Gasteiger partial charge on any atom is -0.340 e. The van der Waals surface area contributed by atoms with E-state index in [2.05, 4.69) is 19.0 Å². The van der Waals surface area contributed by atoms with Crippen LogP contribution >= 0.6 is 0 Å². The van der Waals surface area contributed by atoms with Gasteiger partial charge in [0.15, 0.2) is 5.78 Å². The fraction of sp³-hybridized carbons (Fsp3) is 0.818. The molecule has 0 bridgehead atoms. The van der Waals surface area contributed by atoms with E-state index in [0.717, 1.165) is 6.42 Å². The number of hydrogen-bond donors (Lipinski definition) is 0. The SMILES string of the molecule is CC(=O)C(N=O)C(=O)N1CC(C)CC(C)C1. The minimum atomic E-state index is -1.35. The monoisotopic (exact) mass is 226 g/mol. The lowest BCUT2D eigenvalue weighted by molar-refractivity contribution is -0.138. The van der Waals surface area contributed by atoms with Crippen LogP contribution in [0, 0.1) is 16.7 Å². The van der Waals surface area contributed by atoms with Gasteiger partial charge in [0.2, 0.25) is 6.04 Å². The molecule has 0 radical (unpaired) electrons. The van der Waals surface area contributed by atoms with Crippen LogP contribution in [0.4, 0.5) is 0 Å². The van der Waals surface area contributed by atoms with Gasteiger partial charge in [-0.15, -0.1) is 4.91 Å². The topological polar surface area (TPSA) is 66.8 Å². The average Bonchev–Trinajstić information content (AvgIpc) is 2.16. The third-order valence-corrected chi connectivity index (χ3v) is 2.90. The molecule has 1 saturated heterocycles. The van der Waals surface area contributed by atoms with Gasteiger partial charge in [0.05, 0.1) is 0 Å². The van der Waals surface area contributed by atoms with Crippen LogP contribution in [0.2, 0.25) is 0 Å². The predicted octanol–water partition coefficient (Wildman–Crippen LogP) is 1.21. The Bertz CT molecular complexity index is 294. The lowest BCUT2D eigenvalue weighted by atomic mass is 9.91. The summed E-state index contributed by atoms with van der Waals surface area (Å²) in [5.74, 6) is -0.106. The van der Waals surface area contributed by atoms with E-state index in [0.29, 0.717) is 24.9 Å². The van der Waals surface area contributed by atoms with Gasteiger partial charge in [-0.05, 0) is 30.4 Å². The van der Waals surface area contributed by atoms with Crippen molar-refractivity contribution in [3.8, 4) is 0 Å². The Morgan fingerprint density at radius 3 is 2.12 bits per heavy atom. The molecule has 3 atom stereocenters. The molecule has 0 N–H and O–H groups in total. The average molecular weight is 226 g/mol. The molecule has 1 aliphatic rings. The van der Waals surface area contributed by atoms with Gasteiger partial charge in [-0.1, -0.05) is 13.8 Å². The van der Waals surface area contributed by atoms with E-state index in [4.69, 9.17) is 0 Å². The molecule has 0 aromatic heterocycles. The van der Waals surface area contributed by atoms with E-state index in [1.165, 1.54) is 6.92 Å². The number of carbonyl (C=O) groups excluding carboxylic acids is 2. The Kier molecular flexibility index (Phi) is 4.15. The zero-order valence-electron chi connectivity index (χ0n) is 9.97. The molecular weight excluding hydrogens is 208 g/mol. The summed E-state index contributed by atoms with van der Waals surface area (Å²) in [6, 6.07) is -1.35. The molecule has 0 aromatic carbocycles. The lowest BCUT2D eigenvalue weighted by Gasteiger charge is -2.35. The highest BCUT2D eigenvalue weighted by atomic mass is 16.3. The number of nitrogens with zero attached hydrogens (tertiary/aromatic N) is 2. The van der Waals surface area contributed by atoms with Gasteiger partial charge in [-0.25, -0.2) is 0 Å². The van der Waals surface area contributed by atoms with Crippen molar-refractivity contribution in [3.63, 3.8) is 0 Å². The lowest BCUT2D eigenvalue weighted by Crippen LogP contribution is -2.48. The van der Waals surface area contributed by atoms with Crippen LogP contribution in [0.1, 0.15) is 27.2 Å². The first-order valence-corrected chi connectivity index (χ1v) is 5.57. The Morgan fingerprint density at radius 1 is 1.25 bits per heavy atom. The van der Waals surface area contributed by atoms with Crippen molar-refractivity contribution in [1.29, 1.82) is 0 Å². The second-order valence-electron chi connectivity index (χ2n) is 4.81. The van der Waals surface area contributed by atoms with E-state index in [-0.39, 0.29) is 0 Å². The third kappa shape index (κ3) is 2.87. The quantitative estimate of drug-likeness (QED) is 0.536. The van der Waals surface area contributed by atoms with Gasteiger partial charge in [0.25, 0.3) is 5.91 Å². The minimum absolute atomic E-state index is 0.409. The molecule has 5 heteroatoms. The molecule has 1 amide bonds. The van der Waals surface area contributed by atoms with E-state index in [9.17, 15) is 14.5 Å². The molecule has 0 saturated carbocycles. The van der Waals surface area contributed by atoms with Crippen molar-refractivity contribution in [2.24, 2.45) is 17.0 Å². The van der Waals surface area contributed by atoms with Crippen molar-refractivity contribution in [2.75, 3.05) is 13.1 Å². The largest absolute Gasteiger partial charge is 0.340 e. The number of carbonyl (C=O) groups is 2. The predicted molar refractivity (Wildman–Crippen MR) is 59.8 cm³/mol. The van der Waals surface area contributed by atoms with E-state index < -0.39 is 17.7 Å². The van der Waals surface area contributed by atoms with Gasteiger partial charge in [0.1, 0.15) is 0 Å². The first kappa shape index (κ1) is 12.8. The molecule has 1 heterocycles. The summed E-state index contributed by atoms with van der Waals surface area (Å²) in [6.45, 7) is 6.58. The fourth-order valence-corrected chi connectivity index (χ4v) is 2.31. The number of rotatable bonds is 3. The summed E-state index contributed by atoms with van der Waals surface area (Å²) >= 11 is 0. The second-order valence-corrected chi connectivity index (χ2v) is 4.81. The van der Waals surface area contributed by atoms with Crippen molar-refractivity contribution in [1.82, 2.24) is 4.90 Å². The summed E-state index contributed by atoms with van der Waals surface area (Å²) in [4.78, 5) is 35.0. The molecule has 90 valence electrons. The number of piperidine rings is 1. The van der Waals surface area contributed by atoms with Gasteiger partial charge in [-0.2, -0.15) is 0 Å². The van der Waals surface area contributed by atoms with Gasteiger partial charge in [0, 0.05) is 13.1 Å². The number of hydrogen-bond acceptors (Lipinski definition) is 4. The van der Waals surface area contributed by atoms with Crippen LogP contribution < -0.4 is 0 Å². The van der Waals surface area contributed by atoms with Crippen LogP contribution in [-0.2, 0) is 9.59 Å². The highest BCUT2D eigenvalue weighted by Crippen LogP contribution is 2.21. The van der Waals surface area contributed by atoms with Crippen molar-refractivity contribution >= 4 is 11.7 Å². The smallest absolute Gasteiger partial charge is 0.258 e. The maximum absolute atomic E-state index is 11.9. The van der Waals surface area contributed by atoms with Crippen molar-refractivity contribution < 1.29 is 9.59 Å². The standard InChI is InChI=1S/C11H18N2O3/c1-7-4-8(2)6-13(5-7)11(15)10(12-16)9(3)14/h7-8,10H,4-6H2,1-3H3. The van der Waals surface area contributed by atoms with Crippen LogP contribution in [0.3, 0.4) is 0 Å². The van der Waals surface area contributed by atoms with Crippen LogP contribution in [-0.4, -0.2) is 35.7 Å². The number of amides is 1. The Balaban J connectivity index is 2.72. The first-order valence-electron chi connectivity index (χ1n) is 5.57. The Hall–Kier alpha value is -1.26. The highest BCUT2D eigenvalue weighted by Gasteiger charge is 2.33. The van der Waals surface area contributed by atoms with Crippen molar-refractivity contribution in [3.05, 3.63) is 4.91 Å². The van der Waals surface area contributed by atoms with Gasteiger partial charge in [-0.3, -0.25) is 9.59 Å². The summed E-state index contributed by atoms with van der Waals surface area (Å²) in [7, 11) is 0. The summed E-state index contributed by atoms with van der Waals surface area (Å²) in [5, 5.41) is 2.62. The first-order chi connectivity index (χ1) is 7.45. The second kappa shape index (κ2) is 5.18. The maximum Gasteiger partial charge on any atom is 0.258 e. The molecule has 5 nitrogen and oxygen atoms in total. The van der Waals surface area contributed by atoms with E-state index >= 15 is 0 Å². The summed E-state index contributed by atoms with van der Waals surface area (Å²) < 4.78 is 0. The van der Waals surface area contributed by atoms with Crippen LogP contribution in [0.15, 0.2) is 5.18 Å². The highest BCUT2D eigenvalue weighted by molar-refractivity contribution is 6.04. The molecular formula is C11H18N2O3. The van der Waals surface area contributed by atoms with Gasteiger partial charge >= 0.3 is 0 Å².